The van der Waals surface area contributed by atoms with Crippen molar-refractivity contribution >= 4 is 23.4 Å². The van der Waals surface area contributed by atoms with Gasteiger partial charge in [-0.1, -0.05) is 20.8 Å². The topological polar surface area (TPSA) is 107 Å². The Morgan fingerprint density at radius 1 is 1.38 bits per heavy atom. The Morgan fingerprint density at radius 2 is 1.92 bits per heavy atom. The van der Waals surface area contributed by atoms with E-state index in [-0.39, 0.29) is 18.1 Å². The van der Waals surface area contributed by atoms with Crippen LogP contribution in [-0.2, 0) is 15.8 Å². The predicted octanol–water partition coefficient (Wildman–Crippen LogP) is 1.82. The summed E-state index contributed by atoms with van der Waals surface area (Å²) in [6.45, 7) is 8.82. The number of nitrogens with one attached hydrogen (secondary N) is 1. The first-order valence-electron chi connectivity index (χ1n) is 7.83. The largest absolute Gasteiger partial charge is 0.483 e. The molecule has 1 aromatic carbocycles. The molecule has 136 valence electrons. The first kappa shape index (κ1) is 22.2. The number of hydrogen-bond acceptors (Lipinski definition) is 4. The van der Waals surface area contributed by atoms with Crippen molar-refractivity contribution in [3.8, 4) is 0 Å². The molecule has 2 rings (SSSR count). The molecule has 1 aromatic rings. The number of likely N-dealkylation sites (tertiary alicyclic amines) is 1. The zero-order valence-corrected chi connectivity index (χ0v) is 15.1. The van der Waals surface area contributed by atoms with E-state index in [0.717, 1.165) is 26.1 Å². The summed E-state index contributed by atoms with van der Waals surface area (Å²) in [5.74, 6) is -0.973. The third-order valence-corrected chi connectivity index (χ3v) is 4.56. The molecule has 8 heteroatoms. The number of carboxylic acid groups (broad SMARTS) is 2. The van der Waals surface area contributed by atoms with Gasteiger partial charge in [-0.05, 0) is 43.8 Å². The summed E-state index contributed by atoms with van der Waals surface area (Å²) >= 11 is 0. The number of nitrogens with zero attached hydrogens (tertiary/aromatic N) is 1. The molecule has 0 aliphatic carbocycles. The van der Waals surface area contributed by atoms with E-state index in [1.165, 1.54) is 12.1 Å². The molecule has 7 nitrogen and oxygen atoms in total. The zero-order valence-electron chi connectivity index (χ0n) is 14.3. The number of benzene rings is 1. The van der Waals surface area contributed by atoms with Crippen LogP contribution in [0.3, 0.4) is 0 Å². The van der Waals surface area contributed by atoms with Gasteiger partial charge in [0, 0.05) is 12.6 Å². The monoisotopic (exact) mass is 358 g/mol. The highest BCUT2D eigenvalue weighted by Crippen LogP contribution is 2.12. The number of aromatic carboxylic acids is 1. The van der Waals surface area contributed by atoms with Gasteiger partial charge < -0.3 is 15.1 Å². The molecule has 1 saturated heterocycles. The van der Waals surface area contributed by atoms with Crippen LogP contribution in [0.25, 0.3) is 0 Å². The lowest BCUT2D eigenvalue weighted by Gasteiger charge is -2.14. The lowest BCUT2D eigenvalue weighted by atomic mass is 10.2. The fourth-order valence-corrected chi connectivity index (χ4v) is 3.17. The number of rotatable bonds is 5. The van der Waals surface area contributed by atoms with Crippen molar-refractivity contribution in [2.45, 2.75) is 38.1 Å². The van der Waals surface area contributed by atoms with Crippen molar-refractivity contribution in [2.75, 3.05) is 19.6 Å². The molecule has 0 amide bonds. The van der Waals surface area contributed by atoms with E-state index in [0.29, 0.717) is 4.90 Å². The number of hydrogen-bond donors (Lipinski definition) is 3. The molecule has 2 atom stereocenters. The summed E-state index contributed by atoms with van der Waals surface area (Å²) in [6.07, 6.45) is 0.993. The van der Waals surface area contributed by atoms with Crippen molar-refractivity contribution in [2.24, 2.45) is 0 Å². The highest BCUT2D eigenvalue weighted by molar-refractivity contribution is 7.83. The van der Waals surface area contributed by atoms with Gasteiger partial charge in [0.05, 0.1) is 10.5 Å². The maximum absolute atomic E-state index is 12.1. The smallest absolute Gasteiger partial charge is 0.335 e. The summed E-state index contributed by atoms with van der Waals surface area (Å²) in [4.78, 5) is 22.0. The molecule has 0 aromatic heterocycles. The summed E-state index contributed by atoms with van der Waals surface area (Å²) in [5.41, 5.74) is 0.207. The predicted molar refractivity (Wildman–Crippen MR) is 93.5 cm³/mol. The molecular weight excluding hydrogens is 332 g/mol. The van der Waals surface area contributed by atoms with Crippen LogP contribution in [0, 0.1) is 0 Å². The van der Waals surface area contributed by atoms with Gasteiger partial charge in [-0.3, -0.25) is 4.79 Å². The summed E-state index contributed by atoms with van der Waals surface area (Å²) < 4.78 is 15.2. The highest BCUT2D eigenvalue weighted by atomic mass is 32.2. The first-order valence-corrected chi connectivity index (χ1v) is 8.98. The highest BCUT2D eigenvalue weighted by Gasteiger charge is 2.22. The molecule has 0 saturated carbocycles. The Kier molecular flexibility index (Phi) is 11.7. The Balaban J connectivity index is 0.000000952. The van der Waals surface area contributed by atoms with Gasteiger partial charge in [-0.15, -0.1) is 0 Å². The molecule has 1 aliphatic heterocycles. The lowest BCUT2D eigenvalue weighted by molar-refractivity contribution is -0.122. The maximum atomic E-state index is 12.1. The fourth-order valence-electron chi connectivity index (χ4n) is 2.16. The fraction of sp³-hybridized carbons (Fsp3) is 0.500. The van der Waals surface area contributed by atoms with Gasteiger partial charge in [0.1, 0.15) is 11.0 Å². The summed E-state index contributed by atoms with van der Waals surface area (Å²) in [6, 6.07) is 6.38. The molecule has 0 bridgehead atoms. The molecule has 1 fully saturated rings. The molecular formula is C16H26N2O5S. The third kappa shape index (κ3) is 7.67. The number of carbonyl (C=O) groups is 2. The molecule has 2 unspecified atom stereocenters. The molecule has 3 N–H and O–H groups in total. The Hall–Kier alpha value is -1.77. The molecule has 0 radical (unpaired) electrons. The van der Waals surface area contributed by atoms with Gasteiger partial charge in [0.25, 0.3) is 6.47 Å². The van der Waals surface area contributed by atoms with Crippen LogP contribution in [0.1, 0.15) is 37.6 Å². The Labute approximate surface area is 145 Å². The SMILES string of the molecule is CC.CCN1CCC(NS(=O)c2ccc(C(=O)O)cc2)C1.O=CO. The minimum Gasteiger partial charge on any atom is -0.483 e. The van der Waals surface area contributed by atoms with E-state index in [2.05, 4.69) is 16.5 Å². The van der Waals surface area contributed by atoms with Crippen molar-refractivity contribution in [1.82, 2.24) is 9.62 Å². The van der Waals surface area contributed by atoms with Crippen LogP contribution < -0.4 is 4.72 Å². The average Bonchev–Trinajstić information content (AvgIpc) is 3.05. The van der Waals surface area contributed by atoms with E-state index >= 15 is 0 Å². The second kappa shape index (κ2) is 12.6. The molecule has 0 spiro atoms. The minimum absolute atomic E-state index is 0.207. The number of likely N-dealkylation sites (N-methyl/N-ethyl adjacent to an activating group) is 1. The van der Waals surface area contributed by atoms with Gasteiger partial charge in [0.2, 0.25) is 0 Å². The summed E-state index contributed by atoms with van der Waals surface area (Å²) in [7, 11) is -1.28. The van der Waals surface area contributed by atoms with Gasteiger partial charge in [0.15, 0.2) is 0 Å². The zero-order chi connectivity index (χ0) is 18.5. The van der Waals surface area contributed by atoms with E-state index in [4.69, 9.17) is 15.0 Å². The maximum Gasteiger partial charge on any atom is 0.335 e. The van der Waals surface area contributed by atoms with Crippen LogP contribution in [0.15, 0.2) is 29.2 Å². The normalized spacial score (nSPS) is 17.7. The van der Waals surface area contributed by atoms with Crippen molar-refractivity contribution in [3.63, 3.8) is 0 Å². The van der Waals surface area contributed by atoms with Crippen molar-refractivity contribution in [1.29, 1.82) is 0 Å². The molecule has 1 heterocycles. The van der Waals surface area contributed by atoms with Crippen LogP contribution in [0.5, 0.6) is 0 Å². The van der Waals surface area contributed by atoms with Gasteiger partial charge in [-0.2, -0.15) is 0 Å². The minimum atomic E-state index is -1.28. The standard InChI is InChI=1S/C13H18N2O3S.C2H6.CH2O2/c1-2-15-8-7-11(9-15)14-19(18)12-5-3-10(4-6-12)13(16)17;1-2;2-1-3/h3-6,11,14H,2,7-9H2,1H3,(H,16,17);1-2H3;1H,(H,2,3). The van der Waals surface area contributed by atoms with Gasteiger partial charge in [-0.25, -0.2) is 13.7 Å². The third-order valence-electron chi connectivity index (χ3n) is 3.31. The van der Waals surface area contributed by atoms with E-state index < -0.39 is 17.0 Å². The van der Waals surface area contributed by atoms with Crippen molar-refractivity contribution < 1.29 is 24.0 Å². The van der Waals surface area contributed by atoms with Crippen LogP contribution >= 0.6 is 0 Å². The molecule has 1 aliphatic rings. The Morgan fingerprint density at radius 3 is 2.33 bits per heavy atom. The summed E-state index contributed by atoms with van der Waals surface area (Å²) in [5, 5.41) is 15.7. The van der Waals surface area contributed by atoms with Crippen LogP contribution in [-0.4, -0.2) is 57.4 Å². The van der Waals surface area contributed by atoms with Crippen LogP contribution in [0.2, 0.25) is 0 Å². The van der Waals surface area contributed by atoms with Gasteiger partial charge >= 0.3 is 5.97 Å². The van der Waals surface area contributed by atoms with Crippen molar-refractivity contribution in [3.05, 3.63) is 29.8 Å². The Bertz CT molecular complexity index is 522. The van der Waals surface area contributed by atoms with Crippen LogP contribution in [0.4, 0.5) is 0 Å². The average molecular weight is 358 g/mol. The number of carboxylic acids is 1. The lowest BCUT2D eigenvalue weighted by Crippen LogP contribution is -2.33. The van der Waals surface area contributed by atoms with E-state index in [1.807, 2.05) is 13.8 Å². The first-order chi connectivity index (χ1) is 11.5. The quantitative estimate of drug-likeness (QED) is 0.693. The van der Waals surface area contributed by atoms with E-state index in [9.17, 15) is 9.00 Å². The second-order valence-electron chi connectivity index (χ2n) is 4.70. The molecule has 24 heavy (non-hydrogen) atoms. The second-order valence-corrected chi connectivity index (χ2v) is 5.94. The van der Waals surface area contributed by atoms with E-state index in [1.54, 1.807) is 12.1 Å².